The van der Waals surface area contributed by atoms with Crippen LogP contribution >= 0.6 is 11.3 Å². The maximum absolute atomic E-state index is 12.2. The van der Waals surface area contributed by atoms with E-state index in [-0.39, 0.29) is 5.97 Å². The molecule has 5 rings (SSSR count). The lowest BCUT2D eigenvalue weighted by Gasteiger charge is -1.99. The van der Waals surface area contributed by atoms with Crippen LogP contribution in [0.4, 0.5) is 0 Å². The van der Waals surface area contributed by atoms with Crippen molar-refractivity contribution in [3.63, 3.8) is 0 Å². The summed E-state index contributed by atoms with van der Waals surface area (Å²) in [6.45, 7) is 6.19. The SMILES string of the molecule is CCOC(=O)c1sc2ncn3nc([C@H]4C[C@H]4c4ccc(C)cc4)nc3c2c1C. The van der Waals surface area contributed by atoms with Crippen LogP contribution in [0.2, 0.25) is 0 Å². The second-order valence-electron chi connectivity index (χ2n) is 7.30. The van der Waals surface area contributed by atoms with Gasteiger partial charge in [0, 0.05) is 5.92 Å². The number of carbonyl (C=O) groups excluding carboxylic acids is 1. The van der Waals surface area contributed by atoms with E-state index in [4.69, 9.17) is 9.72 Å². The molecule has 1 saturated carbocycles. The zero-order chi connectivity index (χ0) is 19.4. The first-order valence-corrected chi connectivity index (χ1v) is 10.3. The summed E-state index contributed by atoms with van der Waals surface area (Å²) in [5.74, 6) is 1.35. The van der Waals surface area contributed by atoms with Crippen molar-refractivity contribution >= 4 is 33.2 Å². The number of aryl methyl sites for hydroxylation is 2. The number of aromatic nitrogens is 4. The highest BCUT2D eigenvalue weighted by Crippen LogP contribution is 2.53. The fourth-order valence-electron chi connectivity index (χ4n) is 3.76. The van der Waals surface area contributed by atoms with Crippen molar-refractivity contribution in [3.05, 3.63) is 58.0 Å². The molecule has 1 aliphatic carbocycles. The second kappa shape index (κ2) is 6.38. The number of hydrogen-bond donors (Lipinski definition) is 0. The Labute approximate surface area is 166 Å². The third-order valence-corrected chi connectivity index (χ3v) is 6.55. The van der Waals surface area contributed by atoms with Crippen molar-refractivity contribution in [3.8, 4) is 0 Å². The fraction of sp³-hybridized carbons (Fsp3) is 0.333. The minimum absolute atomic E-state index is 0.303. The van der Waals surface area contributed by atoms with Gasteiger partial charge in [0.05, 0.1) is 12.0 Å². The summed E-state index contributed by atoms with van der Waals surface area (Å²) in [6.07, 6.45) is 2.75. The number of benzene rings is 1. The Morgan fingerprint density at radius 3 is 2.79 bits per heavy atom. The molecule has 142 valence electrons. The lowest BCUT2D eigenvalue weighted by Crippen LogP contribution is -2.03. The van der Waals surface area contributed by atoms with E-state index in [0.717, 1.165) is 33.7 Å². The first-order chi connectivity index (χ1) is 13.6. The van der Waals surface area contributed by atoms with Gasteiger partial charge in [0.1, 0.15) is 16.0 Å². The zero-order valence-electron chi connectivity index (χ0n) is 16.0. The van der Waals surface area contributed by atoms with Crippen molar-refractivity contribution in [2.24, 2.45) is 0 Å². The van der Waals surface area contributed by atoms with Gasteiger partial charge in [0.25, 0.3) is 0 Å². The van der Waals surface area contributed by atoms with Crippen molar-refractivity contribution in [2.75, 3.05) is 6.61 Å². The molecule has 0 spiro atoms. The van der Waals surface area contributed by atoms with Gasteiger partial charge in [-0.2, -0.15) is 0 Å². The molecule has 0 amide bonds. The molecule has 0 N–H and O–H groups in total. The lowest BCUT2D eigenvalue weighted by molar-refractivity contribution is 0.0531. The van der Waals surface area contributed by atoms with Gasteiger partial charge in [0.15, 0.2) is 11.5 Å². The molecule has 1 aliphatic rings. The van der Waals surface area contributed by atoms with Crippen molar-refractivity contribution in [2.45, 2.75) is 39.0 Å². The number of hydrogen-bond acceptors (Lipinski definition) is 6. The summed E-state index contributed by atoms with van der Waals surface area (Å²) >= 11 is 1.35. The Kier molecular flexibility index (Phi) is 3.94. The van der Waals surface area contributed by atoms with Crippen LogP contribution in [0.5, 0.6) is 0 Å². The molecule has 1 fully saturated rings. The maximum atomic E-state index is 12.2. The van der Waals surface area contributed by atoms with E-state index in [2.05, 4.69) is 41.3 Å². The molecule has 0 aliphatic heterocycles. The molecule has 0 radical (unpaired) electrons. The van der Waals surface area contributed by atoms with Gasteiger partial charge < -0.3 is 4.74 Å². The van der Waals surface area contributed by atoms with E-state index in [1.807, 2.05) is 13.8 Å². The summed E-state index contributed by atoms with van der Waals surface area (Å²) in [5, 5.41) is 5.57. The molecule has 0 unspecified atom stereocenters. The average Bonchev–Trinajstić information content (AvgIpc) is 3.24. The highest BCUT2D eigenvalue weighted by Gasteiger charge is 2.42. The number of carbonyl (C=O) groups is 1. The number of esters is 1. The van der Waals surface area contributed by atoms with Crippen molar-refractivity contribution in [1.82, 2.24) is 19.6 Å². The van der Waals surface area contributed by atoms with Gasteiger partial charge >= 0.3 is 5.97 Å². The zero-order valence-corrected chi connectivity index (χ0v) is 16.8. The van der Waals surface area contributed by atoms with Crippen LogP contribution in [-0.4, -0.2) is 32.2 Å². The minimum Gasteiger partial charge on any atom is -0.462 e. The summed E-state index contributed by atoms with van der Waals surface area (Å²) in [6, 6.07) is 8.70. The third kappa shape index (κ3) is 2.69. The molecule has 28 heavy (non-hydrogen) atoms. The molecule has 3 aromatic heterocycles. The lowest BCUT2D eigenvalue weighted by atomic mass is 10.1. The number of fused-ring (bicyclic) bond motifs is 3. The predicted octanol–water partition coefficient (Wildman–Crippen LogP) is 4.40. The van der Waals surface area contributed by atoms with Gasteiger partial charge in [-0.15, -0.1) is 16.4 Å². The van der Waals surface area contributed by atoms with Crippen LogP contribution in [-0.2, 0) is 4.74 Å². The fourth-order valence-corrected chi connectivity index (χ4v) is 4.80. The van der Waals surface area contributed by atoms with E-state index < -0.39 is 0 Å². The van der Waals surface area contributed by atoms with Crippen LogP contribution in [0.15, 0.2) is 30.6 Å². The third-order valence-electron chi connectivity index (χ3n) is 5.37. The smallest absolute Gasteiger partial charge is 0.348 e. The Bertz CT molecular complexity index is 1210. The second-order valence-corrected chi connectivity index (χ2v) is 8.30. The number of rotatable bonds is 4. The molecule has 7 heteroatoms. The molecule has 6 nitrogen and oxygen atoms in total. The molecule has 0 saturated heterocycles. The van der Waals surface area contributed by atoms with E-state index in [9.17, 15) is 4.79 Å². The minimum atomic E-state index is -0.303. The van der Waals surface area contributed by atoms with Crippen LogP contribution in [0.25, 0.3) is 15.9 Å². The topological polar surface area (TPSA) is 69.4 Å². The molecular weight excluding hydrogens is 372 g/mol. The quantitative estimate of drug-likeness (QED) is 0.481. The Morgan fingerprint density at radius 2 is 2.04 bits per heavy atom. The molecule has 4 aromatic rings. The number of thiophene rings is 1. The average molecular weight is 392 g/mol. The largest absolute Gasteiger partial charge is 0.462 e. The van der Waals surface area contributed by atoms with Gasteiger partial charge in [-0.05, 0) is 44.2 Å². The van der Waals surface area contributed by atoms with Gasteiger partial charge in [0.2, 0.25) is 0 Å². The molecule has 2 atom stereocenters. The van der Waals surface area contributed by atoms with E-state index in [1.54, 1.807) is 10.8 Å². The summed E-state index contributed by atoms with van der Waals surface area (Å²) in [4.78, 5) is 22.9. The van der Waals surface area contributed by atoms with E-state index >= 15 is 0 Å². The van der Waals surface area contributed by atoms with Crippen LogP contribution < -0.4 is 0 Å². The van der Waals surface area contributed by atoms with Crippen LogP contribution in [0, 0.1) is 13.8 Å². The van der Waals surface area contributed by atoms with Crippen LogP contribution in [0.3, 0.4) is 0 Å². The van der Waals surface area contributed by atoms with E-state index in [0.29, 0.717) is 23.3 Å². The Balaban J connectivity index is 1.53. The standard InChI is InChI=1S/C21H20N4O2S/c1-4-27-21(26)17-12(3)16-19-23-18(24-25(19)10-22-20(16)28-17)15-9-14(15)13-7-5-11(2)6-8-13/h5-8,10,14-15H,4,9H2,1-3H3/t14-,15-/m0/s1. The highest BCUT2D eigenvalue weighted by atomic mass is 32.1. The molecular formula is C21H20N4O2S. The molecule has 1 aromatic carbocycles. The van der Waals surface area contributed by atoms with Gasteiger partial charge in [-0.25, -0.2) is 19.3 Å². The number of ether oxygens (including phenoxy) is 1. The van der Waals surface area contributed by atoms with Crippen molar-refractivity contribution in [1.29, 1.82) is 0 Å². The first-order valence-electron chi connectivity index (χ1n) is 9.45. The Hall–Kier alpha value is -2.80. The van der Waals surface area contributed by atoms with Crippen LogP contribution in [0.1, 0.15) is 57.4 Å². The predicted molar refractivity (Wildman–Crippen MR) is 108 cm³/mol. The first kappa shape index (κ1) is 17.3. The van der Waals surface area contributed by atoms with Gasteiger partial charge in [-0.3, -0.25) is 0 Å². The summed E-state index contributed by atoms with van der Waals surface area (Å²) in [7, 11) is 0. The van der Waals surface area contributed by atoms with E-state index in [1.165, 1.54) is 22.5 Å². The molecule has 3 heterocycles. The monoisotopic (exact) mass is 392 g/mol. The molecule has 0 bridgehead atoms. The normalized spacial score (nSPS) is 18.7. The summed E-state index contributed by atoms with van der Waals surface area (Å²) < 4.78 is 6.91. The Morgan fingerprint density at radius 1 is 1.25 bits per heavy atom. The maximum Gasteiger partial charge on any atom is 0.348 e. The number of nitrogens with zero attached hydrogens (tertiary/aromatic N) is 4. The van der Waals surface area contributed by atoms with Crippen molar-refractivity contribution < 1.29 is 9.53 Å². The van der Waals surface area contributed by atoms with Gasteiger partial charge in [-0.1, -0.05) is 29.8 Å². The summed E-state index contributed by atoms with van der Waals surface area (Å²) in [5.41, 5.74) is 4.24. The highest BCUT2D eigenvalue weighted by molar-refractivity contribution is 7.20.